The summed E-state index contributed by atoms with van der Waals surface area (Å²) < 4.78 is 9.09. The molecule has 0 bridgehead atoms. The van der Waals surface area contributed by atoms with Crippen LogP contribution in [-0.4, -0.2) is 53.2 Å². The maximum atomic E-state index is 5.79. The van der Waals surface area contributed by atoms with Crippen LogP contribution < -0.4 is 0 Å². The molecule has 0 N–H and O–H groups in total. The monoisotopic (exact) mass is 1400 g/mol. The number of benzene rings is 15. The first-order valence-corrected chi connectivity index (χ1v) is 37.1. The SMILES string of the molecule is c1ccc2cc(-c3cc(-c4nc(-c5cc(-c6ccc7ccccc7c6)nc(-c6ccc7ccccc7c6)c5)nc(-n5c6ccccc6c6cc7c(cc65)c5ccccc5n7-c5nc(-n6c7ccccc7c7ccccc76)cc(-n6c7ccccc7c7ccccc76)n5)n4)cc(-c4ccc5ccccc5c4)n3)ccc2c1. The predicted molar refractivity (Wildman–Crippen MR) is 451 cm³/mol. The summed E-state index contributed by atoms with van der Waals surface area (Å²) in [5.74, 6) is 3.37. The zero-order valence-corrected chi connectivity index (χ0v) is 59.0. The highest BCUT2D eigenvalue weighted by Gasteiger charge is 2.27. The van der Waals surface area contributed by atoms with Gasteiger partial charge in [-0.25, -0.2) is 15.0 Å². The standard InChI is InChI=1S/C99H59N11/c1-5-25-64-49-68(45-41-60(64)21-1)82-53-72(54-83(100-82)69-46-42-61-22-2-6-26-65(61)50-69)96-104-97(73-55-84(70-47-43-62-23-3-7-27-66(62)51-70)101-85(56-73)71-48-44-63-24-4-8-28-67(63)52-71)106-99(105-96)110-91-40-20-14-34-79(91)81-57-92-80(58-93(81)110)78-33-13-19-39-90(78)109(92)98-102-94(107-86-35-15-9-29-74(86)75-30-10-16-36-87(75)107)59-95(103-98)108-88-37-17-11-31-76(88)77-32-12-18-38-89(77)108/h1-59H. The van der Waals surface area contributed by atoms with Crippen LogP contribution in [0, 0.1) is 0 Å². The van der Waals surface area contributed by atoms with E-state index in [0.29, 0.717) is 23.5 Å². The topological polar surface area (TPSA) is 110 Å². The molecule has 11 heteroatoms. The second-order valence-corrected chi connectivity index (χ2v) is 28.5. The molecule has 0 aliphatic rings. The van der Waals surface area contributed by atoms with Gasteiger partial charge in [0, 0.05) is 82.5 Å². The van der Waals surface area contributed by atoms with Crippen molar-refractivity contribution in [3.05, 3.63) is 358 Å². The number of aromatic nitrogens is 11. The van der Waals surface area contributed by atoms with Gasteiger partial charge in [-0.1, -0.05) is 255 Å². The molecule has 15 aromatic carbocycles. The van der Waals surface area contributed by atoms with Crippen LogP contribution in [0.2, 0.25) is 0 Å². The molecule has 23 rings (SSSR count). The zero-order chi connectivity index (χ0) is 72.1. The molecule has 0 amide bonds. The first-order valence-electron chi connectivity index (χ1n) is 37.1. The van der Waals surface area contributed by atoms with Crippen LogP contribution in [0.1, 0.15) is 0 Å². The average Bonchev–Trinajstić information content (AvgIpc) is 1.55. The van der Waals surface area contributed by atoms with E-state index in [1.165, 1.54) is 0 Å². The molecule has 0 aliphatic heterocycles. The maximum absolute atomic E-state index is 5.79. The second-order valence-electron chi connectivity index (χ2n) is 28.5. The number of rotatable bonds is 10. The van der Waals surface area contributed by atoms with Crippen molar-refractivity contribution >= 4 is 130 Å². The Bertz CT molecular complexity index is 7170. The highest BCUT2D eigenvalue weighted by molar-refractivity contribution is 6.19. The van der Waals surface area contributed by atoms with Crippen molar-refractivity contribution in [1.82, 2.24) is 53.2 Å². The summed E-state index contributed by atoms with van der Waals surface area (Å²) in [7, 11) is 0. The van der Waals surface area contributed by atoms with Gasteiger partial charge in [0.15, 0.2) is 11.6 Å². The van der Waals surface area contributed by atoms with Gasteiger partial charge in [-0.15, -0.1) is 0 Å². The minimum Gasteiger partial charge on any atom is -0.294 e. The Labute approximate surface area is 628 Å². The highest BCUT2D eigenvalue weighted by Crippen LogP contribution is 2.43. The van der Waals surface area contributed by atoms with E-state index < -0.39 is 0 Å². The Morgan fingerprint density at radius 3 is 0.718 bits per heavy atom. The lowest BCUT2D eigenvalue weighted by molar-refractivity contribution is 0.918. The molecule has 8 heterocycles. The van der Waals surface area contributed by atoms with Crippen molar-refractivity contribution in [3.8, 4) is 91.3 Å². The van der Waals surface area contributed by atoms with Crippen molar-refractivity contribution in [1.29, 1.82) is 0 Å². The molecule has 8 aromatic heterocycles. The molecule has 11 nitrogen and oxygen atoms in total. The van der Waals surface area contributed by atoms with Gasteiger partial charge >= 0.3 is 0 Å². The van der Waals surface area contributed by atoms with Crippen LogP contribution in [0.5, 0.6) is 0 Å². The summed E-state index contributed by atoms with van der Waals surface area (Å²) in [5.41, 5.74) is 16.4. The number of fused-ring (bicyclic) bond motifs is 16. The summed E-state index contributed by atoms with van der Waals surface area (Å²) >= 11 is 0. The van der Waals surface area contributed by atoms with Crippen LogP contribution in [0.15, 0.2) is 358 Å². The van der Waals surface area contributed by atoms with Crippen molar-refractivity contribution in [2.75, 3.05) is 0 Å². The van der Waals surface area contributed by atoms with Crippen molar-refractivity contribution < 1.29 is 0 Å². The lowest BCUT2D eigenvalue weighted by Crippen LogP contribution is -2.10. The molecule has 0 spiro atoms. The van der Waals surface area contributed by atoms with E-state index in [1.807, 2.05) is 0 Å². The van der Waals surface area contributed by atoms with Crippen LogP contribution in [0.25, 0.3) is 222 Å². The molecule has 0 saturated heterocycles. The molecule has 510 valence electrons. The molecule has 0 fully saturated rings. The molecule has 0 radical (unpaired) electrons. The lowest BCUT2D eigenvalue weighted by atomic mass is 10.00. The number of nitrogens with zero attached hydrogens (tertiary/aromatic N) is 11. The average molecular weight is 1400 g/mol. The zero-order valence-electron chi connectivity index (χ0n) is 59.0. The van der Waals surface area contributed by atoms with Gasteiger partial charge in [-0.2, -0.15) is 19.9 Å². The third kappa shape index (κ3) is 9.81. The first kappa shape index (κ1) is 61.3. The Hall–Kier alpha value is -15.1. The summed E-state index contributed by atoms with van der Waals surface area (Å²) in [4.78, 5) is 39.9. The van der Waals surface area contributed by atoms with Gasteiger partial charge in [0.1, 0.15) is 11.6 Å². The molecule has 23 aromatic rings. The van der Waals surface area contributed by atoms with E-state index in [1.54, 1.807) is 0 Å². The van der Waals surface area contributed by atoms with E-state index >= 15 is 0 Å². The fourth-order valence-electron chi connectivity index (χ4n) is 17.0. The smallest absolute Gasteiger partial charge is 0.238 e. The minimum atomic E-state index is 0.435. The van der Waals surface area contributed by atoms with Gasteiger partial charge in [0.2, 0.25) is 11.9 Å². The molecule has 110 heavy (non-hydrogen) atoms. The normalized spacial score (nSPS) is 12.0. The highest BCUT2D eigenvalue weighted by atomic mass is 15.2. The van der Waals surface area contributed by atoms with E-state index in [0.717, 1.165) is 198 Å². The second kappa shape index (κ2) is 24.2. The predicted octanol–water partition coefficient (Wildman–Crippen LogP) is 24.5. The Morgan fingerprint density at radius 2 is 0.409 bits per heavy atom. The third-order valence-electron chi connectivity index (χ3n) is 22.1. The van der Waals surface area contributed by atoms with Gasteiger partial charge in [0.25, 0.3) is 0 Å². The van der Waals surface area contributed by atoms with Gasteiger partial charge in [0.05, 0.1) is 66.9 Å². The van der Waals surface area contributed by atoms with Crippen molar-refractivity contribution in [3.63, 3.8) is 0 Å². The molecule has 0 saturated carbocycles. The molecule has 0 unspecified atom stereocenters. The van der Waals surface area contributed by atoms with Crippen LogP contribution in [0.3, 0.4) is 0 Å². The molecule has 0 aliphatic carbocycles. The lowest BCUT2D eigenvalue weighted by Gasteiger charge is -2.15. The van der Waals surface area contributed by atoms with E-state index in [-0.39, 0.29) is 0 Å². The third-order valence-corrected chi connectivity index (χ3v) is 22.1. The number of hydrogen-bond acceptors (Lipinski definition) is 7. The maximum Gasteiger partial charge on any atom is 0.238 e. The Balaban J connectivity index is 0.793. The van der Waals surface area contributed by atoms with Crippen LogP contribution in [0.4, 0.5) is 0 Å². The fraction of sp³-hybridized carbons (Fsp3) is 0. The minimum absolute atomic E-state index is 0.435. The van der Waals surface area contributed by atoms with Gasteiger partial charge in [-0.05, 0) is 140 Å². The molecule has 0 atom stereocenters. The number of para-hydroxylation sites is 6. The summed E-state index contributed by atoms with van der Waals surface area (Å²) in [6.45, 7) is 0. The largest absolute Gasteiger partial charge is 0.294 e. The quantitative estimate of drug-likeness (QED) is 0.134. The summed E-state index contributed by atoms with van der Waals surface area (Å²) in [6.07, 6.45) is 0. The van der Waals surface area contributed by atoms with Crippen molar-refractivity contribution in [2.45, 2.75) is 0 Å². The molecular weight excluding hydrogens is 1340 g/mol. The Kier molecular flexibility index (Phi) is 13.5. The number of hydrogen-bond donors (Lipinski definition) is 0. The van der Waals surface area contributed by atoms with Crippen molar-refractivity contribution in [2.24, 2.45) is 0 Å². The summed E-state index contributed by atoms with van der Waals surface area (Å²) in [5, 5.41) is 17.6. The fourth-order valence-corrected chi connectivity index (χ4v) is 17.0. The summed E-state index contributed by atoms with van der Waals surface area (Å²) in [6, 6.07) is 127. The van der Waals surface area contributed by atoms with Gasteiger partial charge in [-0.3, -0.25) is 18.3 Å². The first-order chi connectivity index (χ1) is 54.5. The van der Waals surface area contributed by atoms with E-state index in [4.69, 9.17) is 34.9 Å². The van der Waals surface area contributed by atoms with Crippen LogP contribution >= 0.6 is 0 Å². The van der Waals surface area contributed by atoms with E-state index in [2.05, 4.69) is 376 Å². The van der Waals surface area contributed by atoms with Gasteiger partial charge < -0.3 is 0 Å². The van der Waals surface area contributed by atoms with E-state index in [9.17, 15) is 0 Å². The Morgan fingerprint density at radius 1 is 0.155 bits per heavy atom. The van der Waals surface area contributed by atoms with Crippen LogP contribution in [-0.2, 0) is 0 Å². The number of pyridine rings is 2. The molecular formula is C99H59N11.